The fraction of sp³-hybridized carbons (Fsp3) is 0.353. The third kappa shape index (κ3) is 4.35. The van der Waals surface area contributed by atoms with Gasteiger partial charge in [0.1, 0.15) is 0 Å². The van der Waals surface area contributed by atoms with E-state index in [9.17, 15) is 0 Å². The molecule has 2 N–H and O–H groups in total. The van der Waals surface area contributed by atoms with Crippen LogP contribution in [0.25, 0.3) is 0 Å². The van der Waals surface area contributed by atoms with E-state index in [1.54, 1.807) is 0 Å². The van der Waals surface area contributed by atoms with Crippen molar-refractivity contribution >= 4 is 5.69 Å². The topological polar surface area (TPSA) is 42.2 Å². The second kappa shape index (κ2) is 7.06. The number of hydrogen-bond acceptors (Lipinski definition) is 3. The molecule has 0 bridgehead atoms. The Bertz CT molecular complexity index is 504. The van der Waals surface area contributed by atoms with Crippen LogP contribution in [0.15, 0.2) is 42.7 Å². The molecule has 0 saturated carbocycles. The molecule has 0 amide bonds. The van der Waals surface area contributed by atoms with Crippen LogP contribution in [-0.4, -0.2) is 16.4 Å². The summed E-state index contributed by atoms with van der Waals surface area (Å²) in [6.45, 7) is 7.21. The normalized spacial score (nSPS) is 10.9. The minimum atomic E-state index is 0.830. The molecule has 0 spiro atoms. The van der Waals surface area contributed by atoms with Crippen LogP contribution in [-0.2, 0) is 13.1 Å². The van der Waals surface area contributed by atoms with Gasteiger partial charge < -0.3 is 5.73 Å². The first-order valence-corrected chi connectivity index (χ1v) is 7.14. The summed E-state index contributed by atoms with van der Waals surface area (Å²) in [6.07, 6.45) is 4.99. The van der Waals surface area contributed by atoms with E-state index in [1.165, 1.54) is 16.7 Å². The van der Waals surface area contributed by atoms with E-state index in [0.29, 0.717) is 0 Å². The van der Waals surface area contributed by atoms with Crippen molar-refractivity contribution in [1.29, 1.82) is 0 Å². The fourth-order valence-electron chi connectivity index (χ4n) is 2.44. The number of rotatable bonds is 6. The van der Waals surface area contributed by atoms with Gasteiger partial charge in [-0.3, -0.25) is 9.88 Å². The van der Waals surface area contributed by atoms with Crippen LogP contribution >= 0.6 is 0 Å². The largest absolute Gasteiger partial charge is 0.399 e. The Balaban J connectivity index is 2.07. The van der Waals surface area contributed by atoms with E-state index in [1.807, 2.05) is 24.5 Å². The summed E-state index contributed by atoms with van der Waals surface area (Å²) >= 11 is 0. The molecular weight excluding hydrogens is 246 g/mol. The van der Waals surface area contributed by atoms with Gasteiger partial charge in [-0.2, -0.15) is 0 Å². The lowest BCUT2D eigenvalue weighted by molar-refractivity contribution is 0.257. The van der Waals surface area contributed by atoms with E-state index >= 15 is 0 Å². The van der Waals surface area contributed by atoms with E-state index in [0.717, 1.165) is 31.7 Å². The maximum absolute atomic E-state index is 5.85. The van der Waals surface area contributed by atoms with Crippen LogP contribution in [0.2, 0.25) is 0 Å². The molecule has 106 valence electrons. The standard InChI is InChI=1S/C17H23N3/c1-3-7-20(12-15-5-4-6-17(18)9-15)13-16-8-14(2)10-19-11-16/h4-6,8-11H,3,7,12-13,18H2,1-2H3. The average molecular weight is 269 g/mol. The lowest BCUT2D eigenvalue weighted by Gasteiger charge is -2.22. The van der Waals surface area contributed by atoms with E-state index in [4.69, 9.17) is 5.73 Å². The Hall–Kier alpha value is -1.87. The number of hydrogen-bond donors (Lipinski definition) is 1. The molecule has 20 heavy (non-hydrogen) atoms. The van der Waals surface area contributed by atoms with Crippen molar-refractivity contribution in [3.05, 3.63) is 59.4 Å². The molecule has 0 unspecified atom stereocenters. The SMILES string of the molecule is CCCN(Cc1cncc(C)c1)Cc1cccc(N)c1. The highest BCUT2D eigenvalue weighted by atomic mass is 15.1. The van der Waals surface area contributed by atoms with Crippen LogP contribution in [0, 0.1) is 6.92 Å². The minimum absolute atomic E-state index is 0.830. The summed E-state index contributed by atoms with van der Waals surface area (Å²) in [6, 6.07) is 10.3. The number of anilines is 1. The number of nitrogens with two attached hydrogens (primary N) is 1. The maximum atomic E-state index is 5.85. The van der Waals surface area contributed by atoms with Crippen molar-refractivity contribution in [2.24, 2.45) is 0 Å². The van der Waals surface area contributed by atoms with Crippen molar-refractivity contribution in [3.8, 4) is 0 Å². The predicted molar refractivity (Wildman–Crippen MR) is 84.2 cm³/mol. The van der Waals surface area contributed by atoms with Crippen LogP contribution < -0.4 is 5.73 Å². The molecule has 2 rings (SSSR count). The third-order valence-electron chi connectivity index (χ3n) is 3.23. The number of nitrogens with zero attached hydrogens (tertiary/aromatic N) is 2. The van der Waals surface area contributed by atoms with E-state index < -0.39 is 0 Å². The molecule has 2 aromatic rings. The average Bonchev–Trinajstić information content (AvgIpc) is 2.39. The molecular formula is C17H23N3. The van der Waals surface area contributed by atoms with Crippen molar-refractivity contribution in [2.45, 2.75) is 33.4 Å². The summed E-state index contributed by atoms with van der Waals surface area (Å²) in [4.78, 5) is 6.71. The zero-order chi connectivity index (χ0) is 14.4. The van der Waals surface area contributed by atoms with Crippen LogP contribution in [0.3, 0.4) is 0 Å². The number of benzene rings is 1. The predicted octanol–water partition coefficient (Wildman–Crippen LogP) is 3.38. The zero-order valence-electron chi connectivity index (χ0n) is 12.3. The molecule has 1 heterocycles. The number of aromatic nitrogens is 1. The minimum Gasteiger partial charge on any atom is -0.399 e. The lowest BCUT2D eigenvalue weighted by atomic mass is 10.1. The van der Waals surface area contributed by atoms with Gasteiger partial charge in [0, 0.05) is 31.2 Å². The van der Waals surface area contributed by atoms with Crippen LogP contribution in [0.5, 0.6) is 0 Å². The highest BCUT2D eigenvalue weighted by Gasteiger charge is 2.07. The summed E-state index contributed by atoms with van der Waals surface area (Å²) in [5.41, 5.74) is 10.4. The summed E-state index contributed by atoms with van der Waals surface area (Å²) in [7, 11) is 0. The Morgan fingerprint density at radius 1 is 1.10 bits per heavy atom. The maximum Gasteiger partial charge on any atom is 0.0317 e. The van der Waals surface area contributed by atoms with Gasteiger partial charge in [0.25, 0.3) is 0 Å². The molecule has 3 nitrogen and oxygen atoms in total. The highest BCUT2D eigenvalue weighted by molar-refractivity contribution is 5.40. The second-order valence-corrected chi connectivity index (χ2v) is 5.33. The van der Waals surface area contributed by atoms with Gasteiger partial charge in [-0.1, -0.05) is 25.1 Å². The summed E-state index contributed by atoms with van der Waals surface area (Å²) in [5, 5.41) is 0. The van der Waals surface area contributed by atoms with Crippen molar-refractivity contribution in [2.75, 3.05) is 12.3 Å². The summed E-state index contributed by atoms with van der Waals surface area (Å²) < 4.78 is 0. The molecule has 0 aliphatic heterocycles. The van der Waals surface area contributed by atoms with Crippen LogP contribution in [0.1, 0.15) is 30.0 Å². The Kier molecular flexibility index (Phi) is 5.13. The summed E-state index contributed by atoms with van der Waals surface area (Å²) in [5.74, 6) is 0. The Labute approximate surface area is 121 Å². The van der Waals surface area contributed by atoms with Crippen LogP contribution in [0.4, 0.5) is 5.69 Å². The molecule has 1 aromatic heterocycles. The quantitative estimate of drug-likeness (QED) is 0.817. The molecule has 3 heteroatoms. The van der Waals surface area contributed by atoms with Gasteiger partial charge >= 0.3 is 0 Å². The van der Waals surface area contributed by atoms with Crippen molar-refractivity contribution in [3.63, 3.8) is 0 Å². The number of nitrogen functional groups attached to an aromatic ring is 1. The van der Waals surface area contributed by atoms with Gasteiger partial charge in [-0.15, -0.1) is 0 Å². The molecule has 1 aromatic carbocycles. The molecule has 0 aliphatic rings. The number of pyridine rings is 1. The smallest absolute Gasteiger partial charge is 0.0317 e. The molecule has 0 saturated heterocycles. The van der Waals surface area contributed by atoms with Crippen molar-refractivity contribution in [1.82, 2.24) is 9.88 Å². The molecule has 0 radical (unpaired) electrons. The van der Waals surface area contributed by atoms with Gasteiger partial charge in [-0.25, -0.2) is 0 Å². The first-order chi connectivity index (χ1) is 9.67. The van der Waals surface area contributed by atoms with E-state index in [2.05, 4.69) is 41.9 Å². The van der Waals surface area contributed by atoms with Gasteiger partial charge in [0.2, 0.25) is 0 Å². The highest BCUT2D eigenvalue weighted by Crippen LogP contribution is 2.13. The van der Waals surface area contributed by atoms with E-state index in [-0.39, 0.29) is 0 Å². The molecule has 0 fully saturated rings. The van der Waals surface area contributed by atoms with Gasteiger partial charge in [-0.05, 0) is 48.7 Å². The fourth-order valence-corrected chi connectivity index (χ4v) is 2.44. The monoisotopic (exact) mass is 269 g/mol. The lowest BCUT2D eigenvalue weighted by Crippen LogP contribution is -2.23. The Morgan fingerprint density at radius 3 is 2.60 bits per heavy atom. The van der Waals surface area contributed by atoms with Crippen molar-refractivity contribution < 1.29 is 0 Å². The van der Waals surface area contributed by atoms with Gasteiger partial charge in [0.05, 0.1) is 0 Å². The Morgan fingerprint density at radius 2 is 1.90 bits per heavy atom. The zero-order valence-corrected chi connectivity index (χ0v) is 12.3. The number of aryl methyl sites for hydroxylation is 1. The van der Waals surface area contributed by atoms with Gasteiger partial charge in [0.15, 0.2) is 0 Å². The molecule has 0 atom stereocenters. The second-order valence-electron chi connectivity index (χ2n) is 5.33. The third-order valence-corrected chi connectivity index (χ3v) is 3.23. The first-order valence-electron chi connectivity index (χ1n) is 7.14. The molecule has 0 aliphatic carbocycles. The first kappa shape index (κ1) is 14.5.